The molecule has 0 radical (unpaired) electrons. The fraction of sp³-hybridized carbons (Fsp3) is 0.333. The fourth-order valence-electron chi connectivity index (χ4n) is 4.55. The molecule has 172 valence electrons. The number of hydrogen-bond acceptors (Lipinski definition) is 3. The summed E-state index contributed by atoms with van der Waals surface area (Å²) in [6.07, 6.45) is 4.78. The third-order valence-corrected chi connectivity index (χ3v) is 7.09. The number of thiophene rings is 1. The molecule has 1 heterocycles. The molecule has 1 unspecified atom stereocenters. The summed E-state index contributed by atoms with van der Waals surface area (Å²) in [6.45, 7) is 2.01. The van der Waals surface area contributed by atoms with Crippen molar-refractivity contribution < 1.29 is 14.0 Å². The van der Waals surface area contributed by atoms with E-state index in [0.717, 1.165) is 36.1 Å². The maximum atomic E-state index is 15.1. The van der Waals surface area contributed by atoms with Crippen LogP contribution >= 0.6 is 11.3 Å². The lowest BCUT2D eigenvalue weighted by Crippen LogP contribution is -2.47. The van der Waals surface area contributed by atoms with Gasteiger partial charge in [-0.15, -0.1) is 11.3 Å². The molecule has 1 aromatic heterocycles. The lowest BCUT2D eigenvalue weighted by molar-refractivity contribution is -0.127. The molecule has 0 bridgehead atoms. The number of rotatable bonds is 8. The minimum Gasteiger partial charge on any atom is -0.351 e. The predicted molar refractivity (Wildman–Crippen MR) is 131 cm³/mol. The van der Waals surface area contributed by atoms with Crippen LogP contribution in [0.5, 0.6) is 0 Å². The Morgan fingerprint density at radius 2 is 1.79 bits per heavy atom. The average molecular weight is 465 g/mol. The van der Waals surface area contributed by atoms with Gasteiger partial charge in [0, 0.05) is 22.2 Å². The van der Waals surface area contributed by atoms with Gasteiger partial charge in [0.2, 0.25) is 11.8 Å². The van der Waals surface area contributed by atoms with Crippen LogP contribution in [0.2, 0.25) is 0 Å². The Bertz CT molecular complexity index is 1090. The van der Waals surface area contributed by atoms with Crippen molar-refractivity contribution in [2.75, 3.05) is 4.90 Å². The molecule has 1 atom stereocenters. The minimum atomic E-state index is -1.09. The van der Waals surface area contributed by atoms with Crippen LogP contribution in [0.3, 0.4) is 0 Å². The van der Waals surface area contributed by atoms with Gasteiger partial charge in [0.05, 0.1) is 6.42 Å². The van der Waals surface area contributed by atoms with Gasteiger partial charge in [-0.1, -0.05) is 62.2 Å². The summed E-state index contributed by atoms with van der Waals surface area (Å²) in [6, 6.07) is 16.6. The fourth-order valence-corrected chi connectivity index (χ4v) is 5.25. The van der Waals surface area contributed by atoms with Crippen LogP contribution in [0, 0.1) is 5.82 Å². The largest absolute Gasteiger partial charge is 0.351 e. The number of carbonyl (C=O) groups excluding carboxylic acids is 2. The number of halogens is 1. The Labute approximate surface area is 198 Å². The molecule has 1 saturated carbocycles. The standard InChI is InChI=1S/C27H29FN2O2S/c1-2-19-10-3-8-16-24(19)30(25(31)18-21-13-9-17-33-21)26(22-14-6-7-15-23(22)28)27(32)29-20-11-4-5-12-20/h3,6-10,13-17,20,26H,2,4-5,11-12,18H2,1H3,(H,29,32). The third-order valence-electron chi connectivity index (χ3n) is 6.21. The highest BCUT2D eigenvalue weighted by Crippen LogP contribution is 2.33. The number of nitrogens with one attached hydrogen (secondary N) is 1. The van der Waals surface area contributed by atoms with Crippen LogP contribution in [0.1, 0.15) is 54.7 Å². The van der Waals surface area contributed by atoms with E-state index in [-0.39, 0.29) is 29.8 Å². The summed E-state index contributed by atoms with van der Waals surface area (Å²) in [4.78, 5) is 29.9. The average Bonchev–Trinajstić information content (AvgIpc) is 3.52. The second kappa shape index (κ2) is 10.8. The Balaban J connectivity index is 1.81. The molecule has 0 saturated heterocycles. The first-order chi connectivity index (χ1) is 16.1. The van der Waals surface area contributed by atoms with E-state index in [2.05, 4.69) is 5.32 Å². The highest BCUT2D eigenvalue weighted by Gasteiger charge is 2.36. The van der Waals surface area contributed by atoms with E-state index in [1.807, 2.05) is 48.7 Å². The SMILES string of the molecule is CCc1ccccc1N(C(=O)Cc1cccs1)C(C(=O)NC1CCCC1)c1ccccc1F. The third kappa shape index (κ3) is 5.33. The molecular formula is C27H29FN2O2S. The first-order valence-electron chi connectivity index (χ1n) is 11.6. The smallest absolute Gasteiger partial charge is 0.248 e. The first kappa shape index (κ1) is 23.2. The van der Waals surface area contributed by atoms with Gasteiger partial charge in [0.15, 0.2) is 0 Å². The summed E-state index contributed by atoms with van der Waals surface area (Å²) in [5.74, 6) is -1.06. The zero-order valence-electron chi connectivity index (χ0n) is 18.8. The normalized spacial score (nSPS) is 14.7. The van der Waals surface area contributed by atoms with E-state index < -0.39 is 11.9 Å². The molecule has 1 fully saturated rings. The van der Waals surface area contributed by atoms with Crippen molar-refractivity contribution in [3.05, 3.63) is 87.9 Å². The van der Waals surface area contributed by atoms with Gasteiger partial charge in [-0.3, -0.25) is 14.5 Å². The monoisotopic (exact) mass is 464 g/mol. The molecule has 0 aliphatic heterocycles. The number of para-hydroxylation sites is 1. The summed E-state index contributed by atoms with van der Waals surface area (Å²) >= 11 is 1.50. The minimum absolute atomic E-state index is 0.0578. The maximum Gasteiger partial charge on any atom is 0.248 e. The van der Waals surface area contributed by atoms with Gasteiger partial charge < -0.3 is 5.32 Å². The number of carbonyl (C=O) groups is 2. The Morgan fingerprint density at radius 1 is 1.06 bits per heavy atom. The molecule has 1 N–H and O–H groups in total. The molecule has 1 aliphatic rings. The Kier molecular flexibility index (Phi) is 7.55. The second-order valence-corrected chi connectivity index (χ2v) is 9.45. The molecule has 4 rings (SSSR count). The lowest BCUT2D eigenvalue weighted by atomic mass is 9.99. The number of amides is 2. The molecule has 2 amide bonds. The van der Waals surface area contributed by atoms with Crippen molar-refractivity contribution in [1.82, 2.24) is 5.32 Å². The van der Waals surface area contributed by atoms with E-state index in [0.29, 0.717) is 12.1 Å². The van der Waals surface area contributed by atoms with Crippen LogP contribution in [-0.4, -0.2) is 17.9 Å². The Hall–Kier alpha value is -2.99. The van der Waals surface area contributed by atoms with Crippen molar-refractivity contribution in [2.45, 2.75) is 57.5 Å². The molecular weight excluding hydrogens is 435 g/mol. The summed E-state index contributed by atoms with van der Waals surface area (Å²) in [7, 11) is 0. The van der Waals surface area contributed by atoms with Crippen LogP contribution < -0.4 is 10.2 Å². The van der Waals surface area contributed by atoms with Crippen LogP contribution in [-0.2, 0) is 22.4 Å². The van der Waals surface area contributed by atoms with Crippen molar-refractivity contribution in [2.24, 2.45) is 0 Å². The zero-order chi connectivity index (χ0) is 23.2. The van der Waals surface area contributed by atoms with Gasteiger partial charge >= 0.3 is 0 Å². The van der Waals surface area contributed by atoms with E-state index in [9.17, 15) is 9.59 Å². The molecule has 4 nitrogen and oxygen atoms in total. The van der Waals surface area contributed by atoms with Gasteiger partial charge in [-0.25, -0.2) is 4.39 Å². The second-order valence-electron chi connectivity index (χ2n) is 8.42. The molecule has 33 heavy (non-hydrogen) atoms. The number of hydrogen-bond donors (Lipinski definition) is 1. The quantitative estimate of drug-likeness (QED) is 0.456. The van der Waals surface area contributed by atoms with E-state index >= 15 is 4.39 Å². The van der Waals surface area contributed by atoms with Gasteiger partial charge in [0.25, 0.3) is 0 Å². The summed E-state index contributed by atoms with van der Waals surface area (Å²) < 4.78 is 15.1. The van der Waals surface area contributed by atoms with Gasteiger partial charge in [0.1, 0.15) is 11.9 Å². The van der Waals surface area contributed by atoms with E-state index in [4.69, 9.17) is 0 Å². The van der Waals surface area contributed by atoms with Crippen LogP contribution in [0.15, 0.2) is 66.0 Å². The van der Waals surface area contributed by atoms with Crippen molar-refractivity contribution in [1.29, 1.82) is 0 Å². The zero-order valence-corrected chi connectivity index (χ0v) is 19.6. The summed E-state index contributed by atoms with van der Waals surface area (Å²) in [5, 5.41) is 5.03. The highest BCUT2D eigenvalue weighted by molar-refractivity contribution is 7.10. The molecule has 3 aromatic rings. The molecule has 2 aromatic carbocycles. The van der Waals surface area contributed by atoms with Crippen molar-refractivity contribution in [3.8, 4) is 0 Å². The van der Waals surface area contributed by atoms with Gasteiger partial charge in [-0.2, -0.15) is 0 Å². The number of aryl methyl sites for hydroxylation is 1. The topological polar surface area (TPSA) is 49.4 Å². The highest BCUT2D eigenvalue weighted by atomic mass is 32.1. The summed E-state index contributed by atoms with van der Waals surface area (Å²) in [5.41, 5.74) is 1.79. The number of nitrogens with zero attached hydrogens (tertiary/aromatic N) is 1. The van der Waals surface area contributed by atoms with Gasteiger partial charge in [-0.05, 0) is 48.4 Å². The first-order valence-corrected chi connectivity index (χ1v) is 12.4. The molecule has 0 spiro atoms. The van der Waals surface area contributed by atoms with Crippen LogP contribution in [0.25, 0.3) is 0 Å². The number of anilines is 1. The van der Waals surface area contributed by atoms with E-state index in [1.165, 1.54) is 22.3 Å². The molecule has 1 aliphatic carbocycles. The van der Waals surface area contributed by atoms with Crippen molar-refractivity contribution >= 4 is 28.8 Å². The van der Waals surface area contributed by atoms with E-state index in [1.54, 1.807) is 18.2 Å². The molecule has 6 heteroatoms. The maximum absolute atomic E-state index is 15.1. The van der Waals surface area contributed by atoms with Crippen molar-refractivity contribution in [3.63, 3.8) is 0 Å². The lowest BCUT2D eigenvalue weighted by Gasteiger charge is -2.33. The predicted octanol–water partition coefficient (Wildman–Crippen LogP) is 5.83. The van der Waals surface area contributed by atoms with Crippen LogP contribution in [0.4, 0.5) is 10.1 Å². The Morgan fingerprint density at radius 3 is 2.48 bits per heavy atom. The number of benzene rings is 2.